The van der Waals surface area contributed by atoms with E-state index in [0.29, 0.717) is 12.1 Å². The lowest BCUT2D eigenvalue weighted by Crippen LogP contribution is -2.34. The van der Waals surface area contributed by atoms with Gasteiger partial charge < -0.3 is 16.2 Å². The molecule has 16 heavy (non-hydrogen) atoms. The Morgan fingerprint density at radius 3 is 3.00 bits per heavy atom. The number of anilines is 1. The van der Waals surface area contributed by atoms with Gasteiger partial charge in [-0.1, -0.05) is 12.1 Å². The highest BCUT2D eigenvalue weighted by atomic mass is 16.3. The Morgan fingerprint density at radius 2 is 2.25 bits per heavy atom. The Bertz CT molecular complexity index is 340. The molecule has 3 nitrogen and oxygen atoms in total. The molecule has 2 rings (SSSR count). The molecular weight excluding hydrogens is 200 g/mol. The molecule has 0 amide bonds. The maximum atomic E-state index is 9.06. The second-order valence-electron chi connectivity index (χ2n) is 4.63. The molecule has 0 radical (unpaired) electrons. The molecule has 1 saturated carbocycles. The number of rotatable bonds is 3. The van der Waals surface area contributed by atoms with Crippen LogP contribution in [0.3, 0.4) is 0 Å². The van der Waals surface area contributed by atoms with Crippen LogP contribution in [-0.4, -0.2) is 17.2 Å². The Hall–Kier alpha value is -1.06. The molecule has 0 spiro atoms. The van der Waals surface area contributed by atoms with Crippen molar-refractivity contribution in [1.29, 1.82) is 0 Å². The van der Waals surface area contributed by atoms with E-state index in [-0.39, 0.29) is 6.61 Å². The van der Waals surface area contributed by atoms with Gasteiger partial charge in [-0.3, -0.25) is 0 Å². The molecule has 0 aliphatic heterocycles. The average molecular weight is 220 g/mol. The van der Waals surface area contributed by atoms with Gasteiger partial charge in [0.15, 0.2) is 0 Å². The van der Waals surface area contributed by atoms with Gasteiger partial charge in [0.05, 0.1) is 6.61 Å². The van der Waals surface area contributed by atoms with Gasteiger partial charge in [-0.2, -0.15) is 0 Å². The molecule has 2 atom stereocenters. The molecule has 2 unspecified atom stereocenters. The number of aliphatic hydroxyl groups excluding tert-OH is 1. The number of nitrogens with one attached hydrogen (secondary N) is 1. The summed E-state index contributed by atoms with van der Waals surface area (Å²) in [6.07, 6.45) is 4.59. The van der Waals surface area contributed by atoms with Crippen LogP contribution in [0.15, 0.2) is 24.3 Å². The molecule has 1 aliphatic carbocycles. The Balaban J connectivity index is 1.97. The van der Waals surface area contributed by atoms with Crippen LogP contribution in [0.25, 0.3) is 0 Å². The third-order valence-corrected chi connectivity index (χ3v) is 3.20. The minimum atomic E-state index is 0.0969. The summed E-state index contributed by atoms with van der Waals surface area (Å²) in [5.74, 6) is 0. The van der Waals surface area contributed by atoms with Gasteiger partial charge in [0.25, 0.3) is 0 Å². The van der Waals surface area contributed by atoms with E-state index in [1.54, 1.807) is 0 Å². The summed E-state index contributed by atoms with van der Waals surface area (Å²) in [7, 11) is 0. The Morgan fingerprint density at radius 1 is 1.38 bits per heavy atom. The van der Waals surface area contributed by atoms with Crippen LogP contribution in [0, 0.1) is 0 Å². The molecule has 0 saturated heterocycles. The maximum Gasteiger partial charge on any atom is 0.0682 e. The molecule has 0 heterocycles. The van der Waals surface area contributed by atoms with E-state index in [9.17, 15) is 0 Å². The molecule has 0 bridgehead atoms. The predicted octanol–water partition coefficient (Wildman–Crippen LogP) is 1.86. The Labute approximate surface area is 96.7 Å². The lowest BCUT2D eigenvalue weighted by molar-refractivity contribution is 0.282. The van der Waals surface area contributed by atoms with Crippen LogP contribution < -0.4 is 11.1 Å². The average Bonchev–Trinajstić information content (AvgIpc) is 2.29. The highest BCUT2D eigenvalue weighted by Gasteiger charge is 2.18. The van der Waals surface area contributed by atoms with Crippen LogP contribution in [0.2, 0.25) is 0 Å². The maximum absolute atomic E-state index is 9.06. The third-order valence-electron chi connectivity index (χ3n) is 3.20. The van der Waals surface area contributed by atoms with Gasteiger partial charge in [0.2, 0.25) is 0 Å². The third kappa shape index (κ3) is 2.97. The number of aliphatic hydroxyl groups is 1. The van der Waals surface area contributed by atoms with Crippen molar-refractivity contribution < 1.29 is 5.11 Å². The van der Waals surface area contributed by atoms with Gasteiger partial charge in [-0.25, -0.2) is 0 Å². The van der Waals surface area contributed by atoms with Gasteiger partial charge >= 0.3 is 0 Å². The molecule has 1 aromatic rings. The van der Waals surface area contributed by atoms with Gasteiger partial charge in [0.1, 0.15) is 0 Å². The van der Waals surface area contributed by atoms with Gasteiger partial charge in [0, 0.05) is 17.8 Å². The second-order valence-corrected chi connectivity index (χ2v) is 4.63. The fraction of sp³-hybridized carbons (Fsp3) is 0.538. The van der Waals surface area contributed by atoms with Gasteiger partial charge in [-0.05, 0) is 43.4 Å². The normalized spacial score (nSPS) is 25.4. The summed E-state index contributed by atoms with van der Waals surface area (Å²) >= 11 is 0. The first kappa shape index (κ1) is 11.4. The first-order valence-electron chi connectivity index (χ1n) is 6.00. The topological polar surface area (TPSA) is 58.3 Å². The quantitative estimate of drug-likeness (QED) is 0.728. The van der Waals surface area contributed by atoms with E-state index in [2.05, 4.69) is 5.32 Å². The molecule has 0 aromatic heterocycles. The van der Waals surface area contributed by atoms with Crippen LogP contribution in [0.5, 0.6) is 0 Å². The van der Waals surface area contributed by atoms with Crippen molar-refractivity contribution in [1.82, 2.24) is 0 Å². The lowest BCUT2D eigenvalue weighted by Gasteiger charge is -2.28. The van der Waals surface area contributed by atoms with Crippen molar-refractivity contribution in [2.24, 2.45) is 5.73 Å². The van der Waals surface area contributed by atoms with Crippen molar-refractivity contribution in [3.63, 3.8) is 0 Å². The van der Waals surface area contributed by atoms with E-state index in [1.165, 1.54) is 12.8 Å². The lowest BCUT2D eigenvalue weighted by atomic mass is 9.91. The van der Waals surface area contributed by atoms with Crippen LogP contribution in [0.4, 0.5) is 5.69 Å². The standard InChI is InChI=1S/C13H20N2O/c14-11-4-2-6-13(8-11)15-12-5-1-3-10(7-12)9-16/h1,3,5,7,11,13,15-16H,2,4,6,8-9,14H2. The zero-order valence-corrected chi connectivity index (χ0v) is 9.52. The largest absolute Gasteiger partial charge is 0.392 e. The van der Waals surface area contributed by atoms with E-state index in [4.69, 9.17) is 10.8 Å². The molecule has 1 aliphatic rings. The minimum Gasteiger partial charge on any atom is -0.392 e. The summed E-state index contributed by atoms with van der Waals surface area (Å²) in [4.78, 5) is 0. The van der Waals surface area contributed by atoms with Crippen molar-refractivity contribution in [2.45, 2.75) is 44.4 Å². The van der Waals surface area contributed by atoms with Crippen molar-refractivity contribution in [2.75, 3.05) is 5.32 Å². The first-order chi connectivity index (χ1) is 7.78. The summed E-state index contributed by atoms with van der Waals surface area (Å²) < 4.78 is 0. The smallest absolute Gasteiger partial charge is 0.0682 e. The minimum absolute atomic E-state index is 0.0969. The van der Waals surface area contributed by atoms with Crippen molar-refractivity contribution in [3.8, 4) is 0 Å². The number of hydrogen-bond donors (Lipinski definition) is 3. The number of benzene rings is 1. The SMILES string of the molecule is NC1CCCC(Nc2cccc(CO)c2)C1. The summed E-state index contributed by atoms with van der Waals surface area (Å²) in [6.45, 7) is 0.0969. The fourth-order valence-electron chi connectivity index (χ4n) is 2.35. The van der Waals surface area contributed by atoms with E-state index in [0.717, 1.165) is 24.1 Å². The molecule has 4 N–H and O–H groups in total. The summed E-state index contributed by atoms with van der Waals surface area (Å²) in [6, 6.07) is 8.76. The molecule has 3 heteroatoms. The monoisotopic (exact) mass is 220 g/mol. The highest BCUT2D eigenvalue weighted by Crippen LogP contribution is 2.21. The van der Waals surface area contributed by atoms with Crippen LogP contribution >= 0.6 is 0 Å². The molecule has 1 fully saturated rings. The first-order valence-corrected chi connectivity index (χ1v) is 6.00. The van der Waals surface area contributed by atoms with E-state index >= 15 is 0 Å². The number of hydrogen-bond acceptors (Lipinski definition) is 3. The highest BCUT2D eigenvalue weighted by molar-refractivity contribution is 5.46. The number of nitrogens with two attached hydrogens (primary N) is 1. The molecule has 1 aromatic carbocycles. The van der Waals surface area contributed by atoms with Crippen LogP contribution in [-0.2, 0) is 6.61 Å². The molecule has 88 valence electrons. The second kappa shape index (κ2) is 5.32. The van der Waals surface area contributed by atoms with Crippen molar-refractivity contribution in [3.05, 3.63) is 29.8 Å². The van der Waals surface area contributed by atoms with E-state index in [1.807, 2.05) is 24.3 Å². The summed E-state index contributed by atoms with van der Waals surface area (Å²) in [5, 5.41) is 12.6. The molecular formula is C13H20N2O. The Kier molecular flexibility index (Phi) is 3.80. The van der Waals surface area contributed by atoms with E-state index < -0.39 is 0 Å². The van der Waals surface area contributed by atoms with Crippen molar-refractivity contribution >= 4 is 5.69 Å². The fourth-order valence-corrected chi connectivity index (χ4v) is 2.35. The summed E-state index contributed by atoms with van der Waals surface area (Å²) in [5.41, 5.74) is 7.99. The van der Waals surface area contributed by atoms with Crippen LogP contribution in [0.1, 0.15) is 31.2 Å². The van der Waals surface area contributed by atoms with Gasteiger partial charge in [-0.15, -0.1) is 0 Å². The zero-order chi connectivity index (χ0) is 11.4. The predicted molar refractivity (Wildman–Crippen MR) is 66.2 cm³/mol. The zero-order valence-electron chi connectivity index (χ0n) is 9.52.